The van der Waals surface area contributed by atoms with Crippen LogP contribution in [0.15, 0.2) is 42.5 Å². The van der Waals surface area contributed by atoms with Crippen molar-refractivity contribution >= 4 is 11.0 Å². The molecule has 0 unspecified atom stereocenters. The molecule has 0 saturated carbocycles. The van der Waals surface area contributed by atoms with Gasteiger partial charge in [0.05, 0.1) is 18.1 Å². The molecule has 0 radical (unpaired) electrons. The van der Waals surface area contributed by atoms with Crippen LogP contribution in [0.2, 0.25) is 0 Å². The Kier molecular flexibility index (Phi) is 4.34. The van der Waals surface area contributed by atoms with Crippen LogP contribution in [0.25, 0.3) is 11.0 Å². The van der Waals surface area contributed by atoms with E-state index in [1.165, 1.54) is 12.1 Å². The number of halogens is 1. The smallest absolute Gasteiger partial charge is 0.123 e. The molecule has 0 bridgehead atoms. The molecular weight excluding hydrogens is 281 g/mol. The number of hydrogen-bond donors (Lipinski definition) is 2. The van der Waals surface area contributed by atoms with E-state index in [9.17, 15) is 4.39 Å². The van der Waals surface area contributed by atoms with Crippen LogP contribution >= 0.6 is 0 Å². The molecule has 4 nitrogen and oxygen atoms in total. The van der Waals surface area contributed by atoms with Gasteiger partial charge in [0.15, 0.2) is 0 Å². The normalized spacial score (nSPS) is 11.0. The standard InChI is InChI=1S/C17H18FN3O/c1-22-14-6-7-15-16(10-14)21-17(20-15)8-9-19-11-12-2-4-13(18)5-3-12/h2-7,10,19H,8-9,11H2,1H3,(H,20,21). The number of aromatic nitrogens is 2. The maximum atomic E-state index is 12.8. The fourth-order valence-corrected chi connectivity index (χ4v) is 2.33. The Morgan fingerprint density at radius 3 is 2.77 bits per heavy atom. The fourth-order valence-electron chi connectivity index (χ4n) is 2.33. The van der Waals surface area contributed by atoms with Gasteiger partial charge in [0.2, 0.25) is 0 Å². The van der Waals surface area contributed by atoms with Crippen molar-refractivity contribution in [3.8, 4) is 5.75 Å². The average Bonchev–Trinajstić information content (AvgIpc) is 2.95. The predicted molar refractivity (Wildman–Crippen MR) is 84.5 cm³/mol. The molecule has 3 rings (SSSR count). The number of nitrogens with one attached hydrogen (secondary N) is 2. The first-order valence-corrected chi connectivity index (χ1v) is 7.22. The Labute approximate surface area is 128 Å². The molecule has 0 aliphatic heterocycles. The second kappa shape index (κ2) is 6.58. The molecular formula is C17H18FN3O. The van der Waals surface area contributed by atoms with Gasteiger partial charge >= 0.3 is 0 Å². The van der Waals surface area contributed by atoms with Crippen LogP contribution in [0.5, 0.6) is 5.75 Å². The third-order valence-corrected chi connectivity index (χ3v) is 3.52. The Balaban J connectivity index is 1.54. The summed E-state index contributed by atoms with van der Waals surface area (Å²) in [6.45, 7) is 1.52. The molecule has 0 spiro atoms. The van der Waals surface area contributed by atoms with Crippen molar-refractivity contribution in [3.63, 3.8) is 0 Å². The third kappa shape index (κ3) is 3.43. The summed E-state index contributed by atoms with van der Waals surface area (Å²) < 4.78 is 18.0. The van der Waals surface area contributed by atoms with Crippen molar-refractivity contribution in [1.29, 1.82) is 0 Å². The lowest BCUT2D eigenvalue weighted by Crippen LogP contribution is -2.17. The van der Waals surface area contributed by atoms with Gasteiger partial charge in [-0.2, -0.15) is 0 Å². The third-order valence-electron chi connectivity index (χ3n) is 3.52. The second-order valence-corrected chi connectivity index (χ2v) is 5.12. The summed E-state index contributed by atoms with van der Waals surface area (Å²) in [5.74, 6) is 1.55. The topological polar surface area (TPSA) is 49.9 Å². The van der Waals surface area contributed by atoms with Gasteiger partial charge in [-0.3, -0.25) is 0 Å². The van der Waals surface area contributed by atoms with Gasteiger partial charge < -0.3 is 15.0 Å². The number of methoxy groups -OCH3 is 1. The van der Waals surface area contributed by atoms with Crippen LogP contribution in [-0.2, 0) is 13.0 Å². The van der Waals surface area contributed by atoms with Crippen LogP contribution in [0.3, 0.4) is 0 Å². The van der Waals surface area contributed by atoms with Crippen molar-refractivity contribution in [2.24, 2.45) is 0 Å². The van der Waals surface area contributed by atoms with Crippen LogP contribution in [-0.4, -0.2) is 23.6 Å². The number of ether oxygens (including phenoxy) is 1. The number of H-pyrrole nitrogens is 1. The highest BCUT2D eigenvalue weighted by Crippen LogP contribution is 2.18. The van der Waals surface area contributed by atoms with Crippen molar-refractivity contribution in [2.45, 2.75) is 13.0 Å². The Morgan fingerprint density at radius 2 is 2.00 bits per heavy atom. The molecule has 0 amide bonds. The number of imidazole rings is 1. The van der Waals surface area contributed by atoms with Crippen LogP contribution < -0.4 is 10.1 Å². The van der Waals surface area contributed by atoms with Crippen molar-refractivity contribution < 1.29 is 9.13 Å². The molecule has 1 aromatic heterocycles. The molecule has 2 aromatic carbocycles. The van der Waals surface area contributed by atoms with Gasteiger partial charge in [-0.15, -0.1) is 0 Å². The molecule has 2 N–H and O–H groups in total. The second-order valence-electron chi connectivity index (χ2n) is 5.12. The van der Waals surface area contributed by atoms with Gasteiger partial charge in [0.25, 0.3) is 0 Å². The Hall–Kier alpha value is -2.40. The molecule has 22 heavy (non-hydrogen) atoms. The fraction of sp³-hybridized carbons (Fsp3) is 0.235. The zero-order chi connectivity index (χ0) is 15.4. The van der Waals surface area contributed by atoms with Crippen molar-refractivity contribution in [1.82, 2.24) is 15.3 Å². The van der Waals surface area contributed by atoms with Crippen molar-refractivity contribution in [3.05, 3.63) is 59.7 Å². The van der Waals surface area contributed by atoms with E-state index < -0.39 is 0 Å². The molecule has 1 heterocycles. The molecule has 3 aromatic rings. The van der Waals surface area contributed by atoms with E-state index in [1.54, 1.807) is 19.2 Å². The quantitative estimate of drug-likeness (QED) is 0.688. The summed E-state index contributed by atoms with van der Waals surface area (Å²) in [6.07, 6.45) is 0.804. The Morgan fingerprint density at radius 1 is 1.18 bits per heavy atom. The van der Waals surface area contributed by atoms with Crippen molar-refractivity contribution in [2.75, 3.05) is 13.7 Å². The first-order chi connectivity index (χ1) is 10.7. The molecule has 114 valence electrons. The number of aromatic amines is 1. The molecule has 5 heteroatoms. The summed E-state index contributed by atoms with van der Waals surface area (Å²) >= 11 is 0. The first kappa shape index (κ1) is 14.5. The van der Waals surface area contributed by atoms with E-state index in [-0.39, 0.29) is 5.82 Å². The first-order valence-electron chi connectivity index (χ1n) is 7.22. The molecule has 0 aliphatic rings. The maximum Gasteiger partial charge on any atom is 0.123 e. The van der Waals surface area contributed by atoms with E-state index in [0.717, 1.165) is 41.1 Å². The van der Waals surface area contributed by atoms with E-state index >= 15 is 0 Å². The molecule has 0 atom stereocenters. The summed E-state index contributed by atoms with van der Waals surface area (Å²) in [7, 11) is 1.65. The van der Waals surface area contributed by atoms with Gasteiger partial charge in [0.1, 0.15) is 17.4 Å². The van der Waals surface area contributed by atoms with Crippen LogP contribution in [0.1, 0.15) is 11.4 Å². The molecule has 0 fully saturated rings. The van der Waals surface area contributed by atoms with Gasteiger partial charge in [-0.1, -0.05) is 12.1 Å². The molecule has 0 saturated heterocycles. The van der Waals surface area contributed by atoms with Crippen LogP contribution in [0.4, 0.5) is 4.39 Å². The van der Waals surface area contributed by atoms with Gasteiger partial charge in [-0.25, -0.2) is 9.37 Å². The number of fused-ring (bicyclic) bond motifs is 1. The highest BCUT2D eigenvalue weighted by atomic mass is 19.1. The minimum absolute atomic E-state index is 0.207. The van der Waals surface area contributed by atoms with E-state index in [2.05, 4.69) is 15.3 Å². The highest BCUT2D eigenvalue weighted by molar-refractivity contribution is 5.76. The van der Waals surface area contributed by atoms with Gasteiger partial charge in [0, 0.05) is 25.6 Å². The minimum atomic E-state index is -0.207. The average molecular weight is 299 g/mol. The number of nitrogens with zero attached hydrogens (tertiary/aromatic N) is 1. The number of hydrogen-bond acceptors (Lipinski definition) is 3. The molecule has 0 aliphatic carbocycles. The lowest BCUT2D eigenvalue weighted by molar-refractivity contribution is 0.415. The lowest BCUT2D eigenvalue weighted by atomic mass is 10.2. The van der Waals surface area contributed by atoms with E-state index in [0.29, 0.717) is 6.54 Å². The summed E-state index contributed by atoms with van der Waals surface area (Å²) in [5, 5.41) is 3.33. The number of rotatable bonds is 6. The SMILES string of the molecule is COc1ccc2nc(CCNCc3ccc(F)cc3)[nH]c2c1. The highest BCUT2D eigenvalue weighted by Gasteiger charge is 2.04. The minimum Gasteiger partial charge on any atom is -0.497 e. The lowest BCUT2D eigenvalue weighted by Gasteiger charge is -2.03. The zero-order valence-electron chi connectivity index (χ0n) is 12.4. The van der Waals surface area contributed by atoms with E-state index in [1.807, 2.05) is 18.2 Å². The summed E-state index contributed by atoms with van der Waals surface area (Å²) in [4.78, 5) is 7.84. The monoisotopic (exact) mass is 299 g/mol. The Bertz CT molecular complexity index is 752. The van der Waals surface area contributed by atoms with Gasteiger partial charge in [-0.05, 0) is 29.8 Å². The zero-order valence-corrected chi connectivity index (χ0v) is 12.4. The number of benzene rings is 2. The summed E-state index contributed by atoms with van der Waals surface area (Å²) in [6, 6.07) is 12.3. The summed E-state index contributed by atoms with van der Waals surface area (Å²) in [5.41, 5.74) is 2.98. The predicted octanol–water partition coefficient (Wildman–Crippen LogP) is 3.04. The maximum absolute atomic E-state index is 12.8. The van der Waals surface area contributed by atoms with E-state index in [4.69, 9.17) is 4.74 Å². The van der Waals surface area contributed by atoms with Crippen LogP contribution in [0, 0.1) is 5.82 Å². The largest absolute Gasteiger partial charge is 0.497 e.